The first-order valence-electron chi connectivity index (χ1n) is 6.85. The quantitative estimate of drug-likeness (QED) is 0.855. The molecule has 104 valence electrons. The molecule has 1 aliphatic rings. The van der Waals surface area contributed by atoms with Crippen LogP contribution >= 0.6 is 15.9 Å². The summed E-state index contributed by atoms with van der Waals surface area (Å²) in [5, 5.41) is 10.4. The molecule has 1 saturated carbocycles. The first-order valence-corrected chi connectivity index (χ1v) is 7.64. The van der Waals surface area contributed by atoms with Crippen LogP contribution < -0.4 is 0 Å². The maximum atomic E-state index is 13.3. The standard InChI is InChI=1S/C17H16BrFO/c18-16-7-6-15(19)9-14(16)10-17(20)13-3-1-2-12(8-13)11-4-5-11/h1-3,6-9,11,17,20H,4-5,10H2. The monoisotopic (exact) mass is 334 g/mol. The van der Waals surface area contributed by atoms with E-state index in [0.29, 0.717) is 12.3 Å². The zero-order valence-corrected chi connectivity index (χ0v) is 12.6. The Morgan fingerprint density at radius 1 is 1.20 bits per heavy atom. The second kappa shape index (κ2) is 5.66. The smallest absolute Gasteiger partial charge is 0.123 e. The van der Waals surface area contributed by atoms with E-state index in [1.165, 1.54) is 30.5 Å². The van der Waals surface area contributed by atoms with Crippen LogP contribution in [0.1, 0.15) is 41.6 Å². The predicted octanol–water partition coefficient (Wildman–Crippen LogP) is 4.74. The Hall–Kier alpha value is -1.19. The first-order chi connectivity index (χ1) is 9.63. The SMILES string of the molecule is OC(Cc1cc(F)ccc1Br)c1cccc(C2CC2)c1. The Morgan fingerprint density at radius 2 is 2.00 bits per heavy atom. The van der Waals surface area contributed by atoms with E-state index in [1.54, 1.807) is 6.07 Å². The average Bonchev–Trinajstić information content (AvgIpc) is 3.27. The molecule has 1 unspecified atom stereocenters. The van der Waals surface area contributed by atoms with Crippen LogP contribution in [-0.4, -0.2) is 5.11 Å². The van der Waals surface area contributed by atoms with Gasteiger partial charge in [0.05, 0.1) is 6.10 Å². The van der Waals surface area contributed by atoms with E-state index < -0.39 is 6.10 Å². The molecule has 3 heteroatoms. The molecule has 1 atom stereocenters. The van der Waals surface area contributed by atoms with Crippen molar-refractivity contribution in [2.24, 2.45) is 0 Å². The number of hydrogen-bond donors (Lipinski definition) is 1. The molecule has 0 aromatic heterocycles. The molecule has 0 spiro atoms. The molecule has 0 amide bonds. The van der Waals surface area contributed by atoms with E-state index in [4.69, 9.17) is 0 Å². The van der Waals surface area contributed by atoms with E-state index >= 15 is 0 Å². The van der Waals surface area contributed by atoms with Gasteiger partial charge in [0.1, 0.15) is 5.82 Å². The number of halogens is 2. The molecule has 2 aromatic rings. The Labute approximate surface area is 126 Å². The first kappa shape index (κ1) is 13.8. The van der Waals surface area contributed by atoms with Gasteiger partial charge in [-0.25, -0.2) is 4.39 Å². The number of hydrogen-bond acceptors (Lipinski definition) is 1. The van der Waals surface area contributed by atoms with E-state index in [9.17, 15) is 9.50 Å². The highest BCUT2D eigenvalue weighted by molar-refractivity contribution is 9.10. The van der Waals surface area contributed by atoms with E-state index in [-0.39, 0.29) is 5.82 Å². The van der Waals surface area contributed by atoms with Crippen molar-refractivity contribution in [3.8, 4) is 0 Å². The summed E-state index contributed by atoms with van der Waals surface area (Å²) in [5.74, 6) is 0.394. The minimum atomic E-state index is -0.605. The summed E-state index contributed by atoms with van der Waals surface area (Å²) >= 11 is 3.40. The Morgan fingerprint density at radius 3 is 2.75 bits per heavy atom. The molecule has 1 nitrogen and oxygen atoms in total. The van der Waals surface area contributed by atoms with Crippen LogP contribution in [0.5, 0.6) is 0 Å². The van der Waals surface area contributed by atoms with Crippen molar-refractivity contribution in [1.82, 2.24) is 0 Å². The van der Waals surface area contributed by atoms with Crippen molar-refractivity contribution in [1.29, 1.82) is 0 Å². The van der Waals surface area contributed by atoms with Gasteiger partial charge in [0.15, 0.2) is 0 Å². The fourth-order valence-corrected chi connectivity index (χ4v) is 2.87. The van der Waals surface area contributed by atoms with Crippen molar-refractivity contribution >= 4 is 15.9 Å². The molecule has 0 heterocycles. The van der Waals surface area contributed by atoms with Crippen molar-refractivity contribution in [2.45, 2.75) is 31.3 Å². The van der Waals surface area contributed by atoms with Crippen LogP contribution in [0, 0.1) is 5.82 Å². The fraction of sp³-hybridized carbons (Fsp3) is 0.294. The minimum absolute atomic E-state index is 0.276. The third kappa shape index (κ3) is 3.10. The predicted molar refractivity (Wildman–Crippen MR) is 81.2 cm³/mol. The summed E-state index contributed by atoms with van der Waals surface area (Å²) < 4.78 is 14.1. The number of aliphatic hydroxyl groups excluding tert-OH is 1. The molecule has 0 radical (unpaired) electrons. The molecule has 0 bridgehead atoms. The van der Waals surface area contributed by atoms with E-state index in [1.807, 2.05) is 12.1 Å². The molecule has 3 rings (SSSR count). The fourth-order valence-electron chi connectivity index (χ4n) is 2.46. The van der Waals surface area contributed by atoms with Gasteiger partial charge < -0.3 is 5.11 Å². The lowest BCUT2D eigenvalue weighted by molar-refractivity contribution is 0.178. The molecule has 0 saturated heterocycles. The van der Waals surface area contributed by atoms with Crippen LogP contribution in [0.3, 0.4) is 0 Å². The topological polar surface area (TPSA) is 20.2 Å². The lowest BCUT2D eigenvalue weighted by Gasteiger charge is -2.13. The summed E-state index contributed by atoms with van der Waals surface area (Å²) in [4.78, 5) is 0. The Bertz CT molecular complexity index is 622. The number of benzene rings is 2. The van der Waals surface area contributed by atoms with Gasteiger partial charge in [-0.3, -0.25) is 0 Å². The zero-order valence-electron chi connectivity index (χ0n) is 11.0. The molecule has 0 aliphatic heterocycles. The second-order valence-corrected chi connectivity index (χ2v) is 6.25. The van der Waals surface area contributed by atoms with E-state index in [0.717, 1.165) is 15.6 Å². The third-order valence-corrected chi connectivity index (χ3v) is 4.54. The molecule has 2 aromatic carbocycles. The Kier molecular flexibility index (Phi) is 3.90. The third-order valence-electron chi connectivity index (χ3n) is 3.77. The van der Waals surface area contributed by atoms with Crippen LogP contribution in [-0.2, 0) is 6.42 Å². The van der Waals surface area contributed by atoms with Gasteiger partial charge in [0.25, 0.3) is 0 Å². The van der Waals surface area contributed by atoms with Gasteiger partial charge in [-0.15, -0.1) is 0 Å². The van der Waals surface area contributed by atoms with E-state index in [2.05, 4.69) is 28.1 Å². The summed E-state index contributed by atoms with van der Waals surface area (Å²) in [7, 11) is 0. The van der Waals surface area contributed by atoms with Gasteiger partial charge in [-0.2, -0.15) is 0 Å². The van der Waals surface area contributed by atoms with Gasteiger partial charge in [0, 0.05) is 10.9 Å². The van der Waals surface area contributed by atoms with Gasteiger partial charge >= 0.3 is 0 Å². The molecule has 1 aliphatic carbocycles. The van der Waals surface area contributed by atoms with Gasteiger partial charge in [-0.1, -0.05) is 40.2 Å². The van der Waals surface area contributed by atoms with Crippen LogP contribution in [0.4, 0.5) is 4.39 Å². The summed E-state index contributed by atoms with van der Waals surface area (Å²) in [6.07, 6.45) is 2.29. The highest BCUT2D eigenvalue weighted by Crippen LogP contribution is 2.40. The van der Waals surface area contributed by atoms with Gasteiger partial charge in [-0.05, 0) is 53.6 Å². The normalized spacial score (nSPS) is 16.1. The summed E-state index contributed by atoms with van der Waals surface area (Å²) in [6, 6.07) is 12.7. The minimum Gasteiger partial charge on any atom is -0.388 e. The van der Waals surface area contributed by atoms with Crippen molar-refractivity contribution in [3.05, 3.63) is 69.4 Å². The van der Waals surface area contributed by atoms with Crippen LogP contribution in [0.2, 0.25) is 0 Å². The lowest BCUT2D eigenvalue weighted by Crippen LogP contribution is -2.03. The maximum Gasteiger partial charge on any atom is 0.123 e. The number of rotatable bonds is 4. The highest BCUT2D eigenvalue weighted by Gasteiger charge is 2.24. The van der Waals surface area contributed by atoms with Crippen LogP contribution in [0.15, 0.2) is 46.9 Å². The van der Waals surface area contributed by atoms with Gasteiger partial charge in [0.2, 0.25) is 0 Å². The molecular formula is C17H16BrFO. The second-order valence-electron chi connectivity index (χ2n) is 5.40. The maximum absolute atomic E-state index is 13.3. The summed E-state index contributed by atoms with van der Waals surface area (Å²) in [5.41, 5.74) is 3.00. The summed E-state index contributed by atoms with van der Waals surface area (Å²) in [6.45, 7) is 0. The lowest BCUT2D eigenvalue weighted by atomic mass is 9.98. The van der Waals surface area contributed by atoms with Crippen LogP contribution in [0.25, 0.3) is 0 Å². The van der Waals surface area contributed by atoms with Crippen molar-refractivity contribution in [3.63, 3.8) is 0 Å². The number of aliphatic hydroxyl groups is 1. The van der Waals surface area contributed by atoms with Crippen molar-refractivity contribution < 1.29 is 9.50 Å². The Balaban J connectivity index is 1.80. The molecule has 1 fully saturated rings. The highest BCUT2D eigenvalue weighted by atomic mass is 79.9. The molecule has 1 N–H and O–H groups in total. The molecule has 20 heavy (non-hydrogen) atoms. The molecular weight excluding hydrogens is 319 g/mol. The average molecular weight is 335 g/mol. The van der Waals surface area contributed by atoms with Crippen molar-refractivity contribution in [2.75, 3.05) is 0 Å². The largest absolute Gasteiger partial charge is 0.388 e. The zero-order chi connectivity index (χ0) is 14.1.